The summed E-state index contributed by atoms with van der Waals surface area (Å²) in [5.74, 6) is -0.0368. The molecule has 0 aromatic heterocycles. The molecule has 17 heavy (non-hydrogen) atoms. The Bertz CT molecular complexity index is 274. The van der Waals surface area contributed by atoms with Gasteiger partial charge in [0.2, 0.25) is 5.91 Å². The Balaban J connectivity index is 1.91. The summed E-state index contributed by atoms with van der Waals surface area (Å²) in [4.78, 5) is 12.1. The molecule has 1 saturated heterocycles. The minimum atomic E-state index is -0.384. The Labute approximate surface area is 103 Å². The Morgan fingerprint density at radius 3 is 2.59 bits per heavy atom. The molecule has 0 bridgehead atoms. The minimum Gasteiger partial charge on any atom is -0.394 e. The van der Waals surface area contributed by atoms with Gasteiger partial charge in [0.1, 0.15) is 6.10 Å². The average molecular weight is 241 g/mol. The van der Waals surface area contributed by atoms with Gasteiger partial charge in [0.05, 0.1) is 18.2 Å². The minimum absolute atomic E-state index is 0.0368. The smallest absolute Gasteiger partial charge is 0.249 e. The molecule has 2 unspecified atom stereocenters. The topological polar surface area (TPSA) is 58.6 Å². The summed E-state index contributed by atoms with van der Waals surface area (Å²) in [7, 11) is 0. The lowest BCUT2D eigenvalue weighted by Crippen LogP contribution is -2.55. The molecular weight excluding hydrogens is 218 g/mol. The first kappa shape index (κ1) is 12.8. The number of hydrogen-bond acceptors (Lipinski definition) is 3. The zero-order chi connectivity index (χ0) is 12.3. The van der Waals surface area contributed by atoms with E-state index in [-0.39, 0.29) is 30.3 Å². The van der Waals surface area contributed by atoms with E-state index in [1.165, 1.54) is 6.42 Å². The summed E-state index contributed by atoms with van der Waals surface area (Å²) in [6.45, 7) is 2.04. The van der Waals surface area contributed by atoms with Gasteiger partial charge >= 0.3 is 0 Å². The van der Waals surface area contributed by atoms with Gasteiger partial charge in [0.25, 0.3) is 0 Å². The van der Waals surface area contributed by atoms with Gasteiger partial charge < -0.3 is 15.2 Å². The molecule has 2 atom stereocenters. The standard InChI is InChI=1S/C13H23NO3/c1-10-5-6-11(17-10)12(16)14-13(9-15)7-3-2-4-8-13/h10-11,15H,2-9H2,1H3,(H,14,16). The first-order valence-electron chi connectivity index (χ1n) is 6.73. The summed E-state index contributed by atoms with van der Waals surface area (Å²) >= 11 is 0. The van der Waals surface area contributed by atoms with Crippen molar-refractivity contribution in [1.82, 2.24) is 5.32 Å². The number of aliphatic hydroxyl groups excluding tert-OH is 1. The van der Waals surface area contributed by atoms with Crippen molar-refractivity contribution >= 4 is 5.91 Å². The molecule has 0 aromatic carbocycles. The van der Waals surface area contributed by atoms with Gasteiger partial charge in [-0.15, -0.1) is 0 Å². The molecule has 4 heteroatoms. The van der Waals surface area contributed by atoms with Crippen molar-refractivity contribution in [3.8, 4) is 0 Å². The van der Waals surface area contributed by atoms with Crippen LogP contribution in [0.3, 0.4) is 0 Å². The molecule has 2 fully saturated rings. The van der Waals surface area contributed by atoms with E-state index in [2.05, 4.69) is 5.32 Å². The summed E-state index contributed by atoms with van der Waals surface area (Å²) < 4.78 is 5.56. The molecule has 2 N–H and O–H groups in total. The molecule has 1 aliphatic carbocycles. The highest BCUT2D eigenvalue weighted by Crippen LogP contribution is 2.28. The molecule has 1 heterocycles. The summed E-state index contributed by atoms with van der Waals surface area (Å²) in [6.07, 6.45) is 6.77. The molecule has 1 saturated carbocycles. The maximum absolute atomic E-state index is 12.1. The van der Waals surface area contributed by atoms with Crippen molar-refractivity contribution in [2.45, 2.75) is 69.6 Å². The molecule has 0 radical (unpaired) electrons. The Kier molecular flexibility index (Phi) is 4.05. The highest BCUT2D eigenvalue weighted by molar-refractivity contribution is 5.81. The van der Waals surface area contributed by atoms with Crippen LogP contribution >= 0.6 is 0 Å². The van der Waals surface area contributed by atoms with Gasteiger partial charge in [0, 0.05) is 0 Å². The zero-order valence-corrected chi connectivity index (χ0v) is 10.6. The van der Waals surface area contributed by atoms with Crippen LogP contribution in [-0.2, 0) is 9.53 Å². The molecular formula is C13H23NO3. The quantitative estimate of drug-likeness (QED) is 0.784. The molecule has 2 rings (SSSR count). The van der Waals surface area contributed by atoms with Crippen molar-refractivity contribution in [3.05, 3.63) is 0 Å². The van der Waals surface area contributed by atoms with Gasteiger partial charge in [-0.1, -0.05) is 19.3 Å². The molecule has 4 nitrogen and oxygen atoms in total. The van der Waals surface area contributed by atoms with Crippen molar-refractivity contribution in [3.63, 3.8) is 0 Å². The number of carbonyl (C=O) groups is 1. The van der Waals surface area contributed by atoms with Gasteiger partial charge in [-0.05, 0) is 32.6 Å². The lowest BCUT2D eigenvalue weighted by Gasteiger charge is -2.37. The summed E-state index contributed by atoms with van der Waals surface area (Å²) in [6, 6.07) is 0. The van der Waals surface area contributed by atoms with E-state index in [1.54, 1.807) is 0 Å². The van der Waals surface area contributed by atoms with Crippen molar-refractivity contribution < 1.29 is 14.6 Å². The second kappa shape index (κ2) is 5.36. The van der Waals surface area contributed by atoms with Crippen molar-refractivity contribution in [2.75, 3.05) is 6.61 Å². The van der Waals surface area contributed by atoms with E-state index in [4.69, 9.17) is 4.74 Å². The van der Waals surface area contributed by atoms with Crippen LogP contribution in [0.15, 0.2) is 0 Å². The molecule has 98 valence electrons. The summed E-state index contributed by atoms with van der Waals surface area (Å²) in [5.41, 5.74) is -0.384. The second-order valence-corrected chi connectivity index (χ2v) is 5.50. The largest absolute Gasteiger partial charge is 0.394 e. The average Bonchev–Trinajstić information content (AvgIpc) is 2.77. The molecule has 0 spiro atoms. The fraction of sp³-hybridized carbons (Fsp3) is 0.923. The third-order valence-corrected chi connectivity index (χ3v) is 4.03. The van der Waals surface area contributed by atoms with Crippen LogP contribution in [0.2, 0.25) is 0 Å². The van der Waals surface area contributed by atoms with Crippen LogP contribution in [0.4, 0.5) is 0 Å². The van der Waals surface area contributed by atoms with Crippen LogP contribution < -0.4 is 5.32 Å². The van der Waals surface area contributed by atoms with Crippen LogP contribution in [0, 0.1) is 0 Å². The fourth-order valence-electron chi connectivity index (χ4n) is 2.89. The van der Waals surface area contributed by atoms with Crippen LogP contribution in [0.5, 0.6) is 0 Å². The number of nitrogens with one attached hydrogen (secondary N) is 1. The highest BCUT2D eigenvalue weighted by Gasteiger charge is 2.36. The Hall–Kier alpha value is -0.610. The Morgan fingerprint density at radius 1 is 1.35 bits per heavy atom. The van der Waals surface area contributed by atoms with Gasteiger partial charge in [0.15, 0.2) is 0 Å². The first-order valence-corrected chi connectivity index (χ1v) is 6.73. The van der Waals surface area contributed by atoms with E-state index >= 15 is 0 Å². The first-order chi connectivity index (χ1) is 8.15. The third kappa shape index (κ3) is 2.99. The number of amides is 1. The molecule has 1 amide bonds. The van der Waals surface area contributed by atoms with E-state index in [1.807, 2.05) is 6.92 Å². The normalized spacial score (nSPS) is 32.4. The molecule has 1 aliphatic heterocycles. The molecule has 0 aromatic rings. The number of carbonyl (C=O) groups excluding carboxylic acids is 1. The van der Waals surface area contributed by atoms with Gasteiger partial charge in [-0.25, -0.2) is 0 Å². The maximum atomic E-state index is 12.1. The number of ether oxygens (including phenoxy) is 1. The van der Waals surface area contributed by atoms with Crippen LogP contribution in [0.1, 0.15) is 51.9 Å². The van der Waals surface area contributed by atoms with Crippen molar-refractivity contribution in [1.29, 1.82) is 0 Å². The fourth-order valence-corrected chi connectivity index (χ4v) is 2.89. The summed E-state index contributed by atoms with van der Waals surface area (Å²) in [5, 5.41) is 12.6. The van der Waals surface area contributed by atoms with Crippen LogP contribution in [-0.4, -0.2) is 35.4 Å². The monoisotopic (exact) mass is 241 g/mol. The van der Waals surface area contributed by atoms with Gasteiger partial charge in [-0.2, -0.15) is 0 Å². The zero-order valence-electron chi connectivity index (χ0n) is 10.6. The van der Waals surface area contributed by atoms with Crippen LogP contribution in [0.25, 0.3) is 0 Å². The number of rotatable bonds is 3. The lowest BCUT2D eigenvalue weighted by atomic mass is 9.82. The van der Waals surface area contributed by atoms with E-state index in [9.17, 15) is 9.90 Å². The molecule has 2 aliphatic rings. The van der Waals surface area contributed by atoms with E-state index in [0.29, 0.717) is 0 Å². The van der Waals surface area contributed by atoms with Gasteiger partial charge in [-0.3, -0.25) is 4.79 Å². The predicted octanol–water partition coefficient (Wildman–Crippen LogP) is 1.37. The highest BCUT2D eigenvalue weighted by atomic mass is 16.5. The third-order valence-electron chi connectivity index (χ3n) is 4.03. The number of hydrogen-bond donors (Lipinski definition) is 2. The van der Waals surface area contributed by atoms with Crippen molar-refractivity contribution in [2.24, 2.45) is 0 Å². The second-order valence-electron chi connectivity index (χ2n) is 5.50. The van der Waals surface area contributed by atoms with E-state index in [0.717, 1.165) is 38.5 Å². The SMILES string of the molecule is CC1CCC(C(=O)NC2(CO)CCCCC2)O1. The van der Waals surface area contributed by atoms with E-state index < -0.39 is 0 Å². The Morgan fingerprint density at radius 2 is 2.06 bits per heavy atom. The maximum Gasteiger partial charge on any atom is 0.249 e. The number of aliphatic hydroxyl groups is 1. The lowest BCUT2D eigenvalue weighted by molar-refractivity contribution is -0.134. The predicted molar refractivity (Wildman–Crippen MR) is 64.6 cm³/mol.